The van der Waals surface area contributed by atoms with Crippen molar-refractivity contribution in [1.29, 1.82) is 0 Å². The van der Waals surface area contributed by atoms with E-state index in [4.69, 9.17) is 32.0 Å². The summed E-state index contributed by atoms with van der Waals surface area (Å²) in [6.45, 7) is 10.7. The van der Waals surface area contributed by atoms with Crippen LogP contribution in [0.1, 0.15) is 6.92 Å². The maximum atomic E-state index is 11.9. The normalized spacial score (nSPS) is 24.5. The largest absolute Gasteiger partial charge is 0.379 e. The van der Waals surface area contributed by atoms with Crippen LogP contribution in [0.4, 0.5) is 0 Å². The molecule has 3 heterocycles. The second kappa shape index (κ2) is 20.1. The Morgan fingerprint density at radius 2 is 1.23 bits per heavy atom. The van der Waals surface area contributed by atoms with Gasteiger partial charge in [0.15, 0.2) is 5.11 Å². The molecule has 3 aliphatic rings. The van der Waals surface area contributed by atoms with Gasteiger partial charge < -0.3 is 62.1 Å². The Hall–Kier alpha value is -1.89. The first kappa shape index (κ1) is 33.3. The number of amides is 1. The van der Waals surface area contributed by atoms with E-state index >= 15 is 0 Å². The first-order valence-electron chi connectivity index (χ1n) is 13.3. The maximum Gasteiger partial charge on any atom is 0.217 e. The number of azide groups is 1. The molecule has 0 spiro atoms. The van der Waals surface area contributed by atoms with Crippen LogP contribution in [0.25, 0.3) is 10.4 Å². The molecule has 224 valence electrons. The SMILES string of the molecule is CC(=O)NC12CNCNCC(NC(=S)NCCOCCOCCOCCN=[N+]=[N-])(CNCNC1)CNCNC2. The van der Waals surface area contributed by atoms with Crippen molar-refractivity contribution in [3.05, 3.63) is 10.4 Å². The molecule has 0 unspecified atom stereocenters. The fraction of sp³-hybridized carbons (Fsp3) is 0.909. The molecule has 0 aliphatic carbocycles. The lowest BCUT2D eigenvalue weighted by Gasteiger charge is -2.40. The summed E-state index contributed by atoms with van der Waals surface area (Å²) in [6, 6.07) is 0. The molecular weight excluding hydrogens is 528 g/mol. The lowest BCUT2D eigenvalue weighted by atomic mass is 9.97. The standard InChI is InChI=1S/C22H46N12O4S/c1-19(35)32-21-10-24-16-27-13-22(14-28-17-25-11-21,15-29-18-26-12-21)33-20(39)30-2-4-36-6-8-38-9-7-37-5-3-31-34-23/h24-29H,2-18H2,1H3,(H,32,35)(H2,30,33,39). The van der Waals surface area contributed by atoms with Crippen molar-refractivity contribution in [3.63, 3.8) is 0 Å². The number of hydrogen-bond acceptors (Lipinski definition) is 12. The molecule has 17 heteroatoms. The van der Waals surface area contributed by atoms with Crippen LogP contribution in [0.5, 0.6) is 0 Å². The summed E-state index contributed by atoms with van der Waals surface area (Å²) in [5, 5.41) is 34.5. The molecule has 1 amide bonds. The molecule has 3 fully saturated rings. The molecule has 16 nitrogen and oxygen atoms in total. The summed E-state index contributed by atoms with van der Waals surface area (Å²) in [6.07, 6.45) is 0. The topological polar surface area (TPSA) is 202 Å². The highest BCUT2D eigenvalue weighted by molar-refractivity contribution is 7.80. The van der Waals surface area contributed by atoms with Crippen LogP contribution in [0.3, 0.4) is 0 Å². The van der Waals surface area contributed by atoms with Crippen LogP contribution in [-0.4, -0.2) is 134 Å². The Balaban J connectivity index is 1.72. The van der Waals surface area contributed by atoms with Gasteiger partial charge in [0, 0.05) is 84.2 Å². The molecule has 0 radical (unpaired) electrons. The lowest BCUT2D eigenvalue weighted by molar-refractivity contribution is -0.120. The summed E-state index contributed by atoms with van der Waals surface area (Å²) in [7, 11) is 0. The number of nitrogens with one attached hydrogen (secondary N) is 9. The molecule has 0 saturated carbocycles. The van der Waals surface area contributed by atoms with Gasteiger partial charge >= 0.3 is 0 Å². The Morgan fingerprint density at radius 1 is 0.795 bits per heavy atom. The van der Waals surface area contributed by atoms with Crippen LogP contribution >= 0.6 is 12.2 Å². The average molecular weight is 575 g/mol. The predicted octanol–water partition coefficient (Wildman–Crippen LogP) is -3.14. The van der Waals surface area contributed by atoms with Crippen molar-refractivity contribution in [2.45, 2.75) is 18.0 Å². The molecule has 3 aliphatic heterocycles. The van der Waals surface area contributed by atoms with E-state index in [0.717, 1.165) is 0 Å². The summed E-state index contributed by atoms with van der Waals surface area (Å²) in [5.74, 6) is -0.0572. The van der Waals surface area contributed by atoms with E-state index in [0.29, 0.717) is 117 Å². The smallest absolute Gasteiger partial charge is 0.217 e. The maximum absolute atomic E-state index is 11.9. The minimum atomic E-state index is -0.451. The van der Waals surface area contributed by atoms with Crippen LogP contribution in [0, 0.1) is 0 Å². The zero-order chi connectivity index (χ0) is 28.1. The van der Waals surface area contributed by atoms with Gasteiger partial charge in [-0.15, -0.1) is 0 Å². The molecule has 0 aromatic heterocycles. The third kappa shape index (κ3) is 14.9. The van der Waals surface area contributed by atoms with Crippen LogP contribution in [0.2, 0.25) is 0 Å². The Kier molecular flexibility index (Phi) is 17.1. The lowest BCUT2D eigenvalue weighted by Crippen LogP contribution is -2.71. The fourth-order valence-corrected chi connectivity index (χ4v) is 4.62. The third-order valence-corrected chi connectivity index (χ3v) is 6.27. The van der Waals surface area contributed by atoms with E-state index < -0.39 is 5.54 Å². The molecule has 0 aromatic rings. The number of ether oxygens (including phenoxy) is 3. The molecule has 0 atom stereocenters. The molecule has 39 heavy (non-hydrogen) atoms. The molecule has 0 aromatic carbocycles. The van der Waals surface area contributed by atoms with Crippen molar-refractivity contribution in [3.8, 4) is 0 Å². The van der Waals surface area contributed by atoms with Crippen molar-refractivity contribution in [1.82, 2.24) is 47.9 Å². The van der Waals surface area contributed by atoms with E-state index in [1.54, 1.807) is 6.92 Å². The fourth-order valence-electron chi connectivity index (χ4n) is 4.30. The number of carbonyl (C=O) groups is 1. The van der Waals surface area contributed by atoms with Gasteiger partial charge in [0.05, 0.1) is 50.7 Å². The number of hydrogen-bond donors (Lipinski definition) is 9. The first-order chi connectivity index (χ1) is 19.0. The predicted molar refractivity (Wildman–Crippen MR) is 152 cm³/mol. The van der Waals surface area contributed by atoms with Crippen LogP contribution < -0.4 is 47.9 Å². The van der Waals surface area contributed by atoms with Crippen molar-refractivity contribution < 1.29 is 19.0 Å². The van der Waals surface area contributed by atoms with Gasteiger partial charge in [-0.05, 0) is 17.7 Å². The van der Waals surface area contributed by atoms with E-state index in [1.165, 1.54) is 0 Å². The van der Waals surface area contributed by atoms with Crippen LogP contribution in [-0.2, 0) is 19.0 Å². The van der Waals surface area contributed by atoms with Crippen molar-refractivity contribution >= 4 is 23.2 Å². The number of rotatable bonds is 14. The Labute approximate surface area is 235 Å². The van der Waals surface area contributed by atoms with E-state index in [2.05, 4.69) is 57.9 Å². The molecule has 2 bridgehead atoms. The summed E-state index contributed by atoms with van der Waals surface area (Å²) >= 11 is 5.61. The van der Waals surface area contributed by atoms with E-state index in [-0.39, 0.29) is 11.4 Å². The molecule has 3 rings (SSSR count). The number of fused-ring (bicyclic) bond motifs is 12. The summed E-state index contributed by atoms with van der Waals surface area (Å²) in [5.41, 5.74) is 7.35. The highest BCUT2D eigenvalue weighted by Gasteiger charge is 2.34. The summed E-state index contributed by atoms with van der Waals surface area (Å²) in [4.78, 5) is 14.6. The van der Waals surface area contributed by atoms with Gasteiger partial charge in [-0.2, -0.15) is 0 Å². The zero-order valence-electron chi connectivity index (χ0n) is 22.9. The quantitative estimate of drug-likeness (QED) is 0.0332. The van der Waals surface area contributed by atoms with E-state index in [1.807, 2.05) is 0 Å². The van der Waals surface area contributed by atoms with Gasteiger partial charge in [-0.1, -0.05) is 5.11 Å². The average Bonchev–Trinajstić information content (AvgIpc) is 2.88. The second-order valence-electron chi connectivity index (χ2n) is 9.51. The van der Waals surface area contributed by atoms with Gasteiger partial charge in [0.2, 0.25) is 5.91 Å². The third-order valence-electron chi connectivity index (χ3n) is 6.03. The highest BCUT2D eigenvalue weighted by atomic mass is 32.1. The molecule has 9 N–H and O–H groups in total. The second-order valence-corrected chi connectivity index (χ2v) is 9.91. The van der Waals surface area contributed by atoms with Gasteiger partial charge in [-0.3, -0.25) is 4.79 Å². The summed E-state index contributed by atoms with van der Waals surface area (Å²) < 4.78 is 16.3. The monoisotopic (exact) mass is 574 g/mol. The van der Waals surface area contributed by atoms with Crippen molar-refractivity contribution in [2.75, 3.05) is 112 Å². The Morgan fingerprint density at radius 3 is 1.69 bits per heavy atom. The minimum absolute atomic E-state index is 0.0572. The first-order valence-corrected chi connectivity index (χ1v) is 13.7. The van der Waals surface area contributed by atoms with Gasteiger partial charge in [-0.25, -0.2) is 0 Å². The van der Waals surface area contributed by atoms with Crippen LogP contribution in [0.15, 0.2) is 5.11 Å². The molecular formula is C22H46N12O4S. The zero-order valence-corrected chi connectivity index (χ0v) is 23.7. The van der Waals surface area contributed by atoms with Gasteiger partial charge in [0.1, 0.15) is 0 Å². The molecule has 3 saturated heterocycles. The van der Waals surface area contributed by atoms with E-state index in [9.17, 15) is 4.79 Å². The number of thiocarbonyl (C=S) groups is 1. The number of carbonyl (C=O) groups excluding carboxylic acids is 1. The van der Waals surface area contributed by atoms with Crippen molar-refractivity contribution in [2.24, 2.45) is 5.11 Å². The Bertz CT molecular complexity index is 720. The minimum Gasteiger partial charge on any atom is -0.379 e. The van der Waals surface area contributed by atoms with Gasteiger partial charge in [0.25, 0.3) is 0 Å². The number of nitrogens with zero attached hydrogens (tertiary/aromatic N) is 3. The highest BCUT2D eigenvalue weighted by Crippen LogP contribution is 2.06.